The van der Waals surface area contributed by atoms with E-state index < -0.39 is 0 Å². The van der Waals surface area contributed by atoms with E-state index in [0.717, 1.165) is 11.3 Å². The van der Waals surface area contributed by atoms with E-state index in [1.165, 1.54) is 4.88 Å². The van der Waals surface area contributed by atoms with Crippen molar-refractivity contribution in [3.8, 4) is 0 Å². The molecule has 6 heteroatoms. The van der Waals surface area contributed by atoms with Crippen LogP contribution in [0.5, 0.6) is 0 Å². The van der Waals surface area contributed by atoms with Gasteiger partial charge in [-0.1, -0.05) is 48.5 Å². The number of rotatable bonds is 5. The molecule has 2 amide bonds. The number of benzene rings is 2. The van der Waals surface area contributed by atoms with E-state index in [1.54, 1.807) is 16.2 Å². The topological polar surface area (TPSA) is 66.0 Å². The Hall–Kier alpha value is -2.96. The molecule has 0 unspecified atom stereocenters. The fourth-order valence-corrected chi connectivity index (χ4v) is 4.38. The van der Waals surface area contributed by atoms with Crippen LogP contribution in [0.2, 0.25) is 0 Å². The van der Waals surface area contributed by atoms with Crippen molar-refractivity contribution in [1.29, 1.82) is 0 Å². The Morgan fingerprint density at radius 2 is 1.82 bits per heavy atom. The van der Waals surface area contributed by atoms with E-state index >= 15 is 0 Å². The highest BCUT2D eigenvalue weighted by Gasteiger charge is 2.33. The van der Waals surface area contributed by atoms with Gasteiger partial charge in [0.05, 0.1) is 16.3 Å². The molecule has 0 bridgehead atoms. The van der Waals surface area contributed by atoms with Crippen LogP contribution in [0, 0.1) is 0 Å². The summed E-state index contributed by atoms with van der Waals surface area (Å²) in [6.45, 7) is 1.95. The van der Waals surface area contributed by atoms with Crippen molar-refractivity contribution >= 4 is 34.5 Å². The summed E-state index contributed by atoms with van der Waals surface area (Å²) in [4.78, 5) is 28.1. The van der Waals surface area contributed by atoms with E-state index in [0.29, 0.717) is 5.69 Å². The van der Waals surface area contributed by atoms with Gasteiger partial charge in [-0.25, -0.2) is 0 Å². The number of hydrogen-bond acceptors (Lipinski definition) is 3. The molecule has 142 valence electrons. The molecule has 3 aromatic rings. The molecule has 1 aliphatic heterocycles. The lowest BCUT2D eigenvalue weighted by Gasteiger charge is -2.31. The summed E-state index contributed by atoms with van der Waals surface area (Å²) in [5.41, 5.74) is 2.58. The quantitative estimate of drug-likeness (QED) is 0.701. The molecular formula is C22H22N3O2S+. The molecule has 4 rings (SSSR count). The van der Waals surface area contributed by atoms with Gasteiger partial charge in [-0.05, 0) is 30.5 Å². The molecule has 3 N–H and O–H groups in total. The number of amides is 2. The average molecular weight is 393 g/mol. The molecule has 0 saturated carbocycles. The van der Waals surface area contributed by atoms with Crippen molar-refractivity contribution in [2.24, 2.45) is 0 Å². The molecule has 1 aliphatic rings. The molecule has 2 heterocycles. The SMILES string of the molecule is C[C@@H]([NH2+][C@H](c1ccccc1)c1cccs1)C(=O)N1CC(=O)Nc2ccccc21. The maximum absolute atomic E-state index is 13.3. The van der Waals surface area contributed by atoms with Crippen molar-refractivity contribution in [1.82, 2.24) is 0 Å². The number of thiophene rings is 1. The second-order valence-electron chi connectivity index (χ2n) is 6.87. The molecule has 0 radical (unpaired) electrons. The number of anilines is 2. The predicted molar refractivity (Wildman–Crippen MR) is 111 cm³/mol. The smallest absolute Gasteiger partial charge is 0.285 e. The number of quaternary nitrogens is 1. The maximum atomic E-state index is 13.3. The standard InChI is InChI=1S/C22H21N3O2S/c1-15(22(27)25-14-20(26)24-17-10-5-6-11-18(17)25)23-21(19-12-7-13-28-19)16-8-3-2-4-9-16/h2-13,15,21,23H,14H2,1H3,(H,24,26)/p+1/t15-,21-/m1/s1. The summed E-state index contributed by atoms with van der Waals surface area (Å²) in [5.74, 6) is -0.239. The molecule has 0 aliphatic carbocycles. The van der Waals surface area contributed by atoms with E-state index in [4.69, 9.17) is 0 Å². The number of nitrogens with two attached hydrogens (primary N) is 1. The summed E-state index contributed by atoms with van der Waals surface area (Å²) in [6, 6.07) is 21.4. The molecule has 0 fully saturated rings. The predicted octanol–water partition coefficient (Wildman–Crippen LogP) is 2.77. The third kappa shape index (κ3) is 3.69. The summed E-state index contributed by atoms with van der Waals surface area (Å²) in [7, 11) is 0. The molecule has 28 heavy (non-hydrogen) atoms. The first-order valence-corrected chi connectivity index (χ1v) is 10.1. The zero-order chi connectivity index (χ0) is 19.5. The number of nitrogens with zero attached hydrogens (tertiary/aromatic N) is 1. The zero-order valence-corrected chi connectivity index (χ0v) is 16.4. The minimum absolute atomic E-state index is 0.0361. The second kappa shape index (κ2) is 7.96. The van der Waals surface area contributed by atoms with Gasteiger partial charge in [0.25, 0.3) is 5.91 Å². The first-order valence-electron chi connectivity index (χ1n) is 9.27. The van der Waals surface area contributed by atoms with Crippen LogP contribution in [0.25, 0.3) is 0 Å². The Bertz CT molecular complexity index is 972. The number of hydrogen-bond donors (Lipinski definition) is 2. The normalized spacial score (nSPS) is 15.5. The Morgan fingerprint density at radius 3 is 2.57 bits per heavy atom. The van der Waals surface area contributed by atoms with Gasteiger partial charge >= 0.3 is 0 Å². The number of fused-ring (bicyclic) bond motifs is 1. The molecule has 0 spiro atoms. The number of carbonyl (C=O) groups is 2. The average Bonchev–Trinajstić information content (AvgIpc) is 3.25. The first kappa shape index (κ1) is 18.4. The summed E-state index contributed by atoms with van der Waals surface area (Å²) in [5, 5.41) is 6.97. The highest BCUT2D eigenvalue weighted by molar-refractivity contribution is 7.10. The van der Waals surface area contributed by atoms with Gasteiger partial charge in [0.2, 0.25) is 5.91 Å². The van der Waals surface area contributed by atoms with Crippen LogP contribution in [0.3, 0.4) is 0 Å². The highest BCUT2D eigenvalue weighted by Crippen LogP contribution is 2.29. The minimum atomic E-state index is -0.341. The molecular weight excluding hydrogens is 370 g/mol. The number of carbonyl (C=O) groups excluding carboxylic acids is 2. The van der Waals surface area contributed by atoms with Crippen LogP contribution in [0.4, 0.5) is 11.4 Å². The van der Waals surface area contributed by atoms with Gasteiger partial charge in [-0.3, -0.25) is 14.5 Å². The van der Waals surface area contributed by atoms with Crippen molar-refractivity contribution in [2.45, 2.75) is 19.0 Å². The van der Waals surface area contributed by atoms with Crippen molar-refractivity contribution < 1.29 is 14.9 Å². The van der Waals surface area contributed by atoms with Gasteiger partial charge in [0.1, 0.15) is 12.6 Å². The second-order valence-corrected chi connectivity index (χ2v) is 7.85. The van der Waals surface area contributed by atoms with E-state index in [1.807, 2.05) is 55.5 Å². The van der Waals surface area contributed by atoms with Crippen LogP contribution in [-0.4, -0.2) is 24.4 Å². The zero-order valence-electron chi connectivity index (χ0n) is 15.5. The molecule has 0 saturated heterocycles. The molecule has 2 atom stereocenters. The van der Waals surface area contributed by atoms with Gasteiger partial charge in [-0.15, -0.1) is 11.3 Å². The monoisotopic (exact) mass is 392 g/mol. The Labute approximate surface area is 168 Å². The van der Waals surface area contributed by atoms with Crippen LogP contribution >= 0.6 is 11.3 Å². The van der Waals surface area contributed by atoms with E-state index in [2.05, 4.69) is 34.2 Å². The molecule has 2 aromatic carbocycles. The lowest BCUT2D eigenvalue weighted by Crippen LogP contribution is -2.93. The third-order valence-corrected chi connectivity index (χ3v) is 5.87. The van der Waals surface area contributed by atoms with Crippen LogP contribution in [0.1, 0.15) is 23.4 Å². The Kier molecular flexibility index (Phi) is 5.23. The number of para-hydroxylation sites is 2. The highest BCUT2D eigenvalue weighted by atomic mass is 32.1. The Morgan fingerprint density at radius 1 is 1.07 bits per heavy atom. The third-order valence-electron chi connectivity index (χ3n) is 4.92. The largest absolute Gasteiger partial charge is 0.326 e. The van der Waals surface area contributed by atoms with E-state index in [9.17, 15) is 9.59 Å². The van der Waals surface area contributed by atoms with Gasteiger partial charge in [0, 0.05) is 5.56 Å². The Balaban J connectivity index is 1.59. The maximum Gasteiger partial charge on any atom is 0.285 e. The lowest BCUT2D eigenvalue weighted by molar-refractivity contribution is -0.704. The fraction of sp³-hybridized carbons (Fsp3) is 0.182. The molecule has 1 aromatic heterocycles. The van der Waals surface area contributed by atoms with E-state index in [-0.39, 0.29) is 30.4 Å². The van der Waals surface area contributed by atoms with Crippen LogP contribution in [0.15, 0.2) is 72.1 Å². The van der Waals surface area contributed by atoms with Crippen LogP contribution < -0.4 is 15.5 Å². The van der Waals surface area contributed by atoms with Crippen LogP contribution in [-0.2, 0) is 9.59 Å². The first-order chi connectivity index (χ1) is 13.6. The van der Waals surface area contributed by atoms with Gasteiger partial charge in [0.15, 0.2) is 6.04 Å². The summed E-state index contributed by atoms with van der Waals surface area (Å²) in [6.07, 6.45) is 0. The summed E-state index contributed by atoms with van der Waals surface area (Å²) >= 11 is 1.68. The minimum Gasteiger partial charge on any atom is -0.326 e. The lowest BCUT2D eigenvalue weighted by atomic mass is 10.0. The molecule has 5 nitrogen and oxygen atoms in total. The van der Waals surface area contributed by atoms with Crippen molar-refractivity contribution in [2.75, 3.05) is 16.8 Å². The van der Waals surface area contributed by atoms with Crippen molar-refractivity contribution in [3.05, 3.63) is 82.6 Å². The number of nitrogens with one attached hydrogen (secondary N) is 1. The summed E-state index contributed by atoms with van der Waals surface area (Å²) < 4.78 is 0. The van der Waals surface area contributed by atoms with Gasteiger partial charge in [-0.2, -0.15) is 0 Å². The van der Waals surface area contributed by atoms with Crippen molar-refractivity contribution in [3.63, 3.8) is 0 Å². The van der Waals surface area contributed by atoms with Gasteiger partial charge < -0.3 is 10.6 Å². The fourth-order valence-electron chi connectivity index (χ4n) is 3.55.